The van der Waals surface area contributed by atoms with Gasteiger partial charge in [-0.2, -0.15) is 0 Å². The molecule has 2 saturated heterocycles. The molecular formula is C34H37ClFN5O3. The van der Waals surface area contributed by atoms with Gasteiger partial charge < -0.3 is 19.1 Å². The quantitative estimate of drug-likeness (QED) is 0.235. The van der Waals surface area contributed by atoms with Crippen molar-refractivity contribution in [3.63, 3.8) is 0 Å². The Kier molecular flexibility index (Phi) is 7.43. The largest absolute Gasteiger partial charge is 0.465 e. The number of halogens is 2. The molecule has 1 atom stereocenters. The second kappa shape index (κ2) is 10.9. The Bertz CT molecular complexity index is 1790. The van der Waals surface area contributed by atoms with Gasteiger partial charge >= 0.3 is 5.97 Å². The number of methoxy groups -OCH3 is 1. The van der Waals surface area contributed by atoms with E-state index in [1.54, 1.807) is 18.2 Å². The molecule has 3 aromatic heterocycles. The van der Waals surface area contributed by atoms with Crippen molar-refractivity contribution in [1.29, 1.82) is 0 Å². The minimum Gasteiger partial charge on any atom is -0.465 e. The average molecular weight is 618 g/mol. The van der Waals surface area contributed by atoms with Gasteiger partial charge in [0.25, 0.3) is 5.91 Å². The lowest BCUT2D eigenvalue weighted by atomic mass is 9.86. The number of carbonyl (C=O) groups excluding carboxylic acids is 2. The molecule has 6 rings (SSSR count). The smallest absolute Gasteiger partial charge is 0.339 e. The van der Waals surface area contributed by atoms with Gasteiger partial charge in [0.2, 0.25) is 0 Å². The highest BCUT2D eigenvalue weighted by atomic mass is 35.5. The number of ether oxygens (including phenoxy) is 1. The van der Waals surface area contributed by atoms with Crippen LogP contribution in [-0.4, -0.2) is 64.6 Å². The second-order valence-electron chi connectivity index (χ2n) is 13.2. The number of hydrogen-bond acceptors (Lipinski definition) is 6. The van der Waals surface area contributed by atoms with Gasteiger partial charge in [-0.3, -0.25) is 4.79 Å². The fourth-order valence-electron chi connectivity index (χ4n) is 6.74. The number of carbonyl (C=O) groups is 2. The Morgan fingerprint density at radius 3 is 2.45 bits per heavy atom. The molecule has 0 saturated carbocycles. The number of nitrogens with zero attached hydrogens (tertiary/aromatic N) is 5. The van der Waals surface area contributed by atoms with E-state index >= 15 is 0 Å². The van der Waals surface area contributed by atoms with Crippen molar-refractivity contribution in [2.45, 2.75) is 53.0 Å². The van der Waals surface area contributed by atoms with E-state index in [9.17, 15) is 14.0 Å². The molecule has 5 heterocycles. The van der Waals surface area contributed by atoms with Crippen LogP contribution in [0.4, 0.5) is 10.2 Å². The maximum atomic E-state index is 14.4. The van der Waals surface area contributed by atoms with Crippen LogP contribution in [0.5, 0.6) is 0 Å². The molecule has 2 aliphatic heterocycles. The lowest BCUT2D eigenvalue weighted by Gasteiger charge is -2.26. The number of amides is 1. The standard InChI is InChI=1S/C34H37ClFN5O3/c1-20-15-28(37-21(2)29(20)32(43)44-6)39-13-11-34(18-39)12-14-40(19-34)31(42)27-10-8-23-24(22-7-9-25(35)26(36)16-22)17-41(30(23)38-27)33(3,4)5/h7-10,15-17H,11-14,18-19H2,1-6H3. The zero-order valence-electron chi connectivity index (χ0n) is 26.0. The molecule has 10 heteroatoms. The SMILES string of the molecule is COC(=O)c1c(C)cc(N2CCC3(CCN(C(=O)c4ccc5c(-c6ccc(Cl)c(F)c6)cn(C(C)(C)C)c5n4)C3)C2)nc1C. The Labute approximate surface area is 261 Å². The monoisotopic (exact) mass is 617 g/mol. The molecule has 2 aliphatic rings. The van der Waals surface area contributed by atoms with Crippen molar-refractivity contribution >= 4 is 40.3 Å². The van der Waals surface area contributed by atoms with Crippen molar-refractivity contribution in [1.82, 2.24) is 19.4 Å². The van der Waals surface area contributed by atoms with Crippen molar-refractivity contribution in [3.8, 4) is 11.1 Å². The van der Waals surface area contributed by atoms with Crippen molar-refractivity contribution < 1.29 is 18.7 Å². The van der Waals surface area contributed by atoms with Gasteiger partial charge in [-0.25, -0.2) is 19.2 Å². The van der Waals surface area contributed by atoms with Crippen LogP contribution in [0.2, 0.25) is 5.02 Å². The van der Waals surface area contributed by atoms with Crippen LogP contribution in [0.25, 0.3) is 22.2 Å². The summed E-state index contributed by atoms with van der Waals surface area (Å²) in [7, 11) is 1.38. The van der Waals surface area contributed by atoms with Crippen LogP contribution in [0.3, 0.4) is 0 Å². The lowest BCUT2D eigenvalue weighted by Crippen LogP contribution is -2.34. The summed E-state index contributed by atoms with van der Waals surface area (Å²) in [5.74, 6) is -0.0946. The van der Waals surface area contributed by atoms with Crippen LogP contribution >= 0.6 is 11.6 Å². The molecule has 1 spiro atoms. The predicted octanol–water partition coefficient (Wildman–Crippen LogP) is 6.79. The molecular weight excluding hydrogens is 581 g/mol. The third-order valence-electron chi connectivity index (χ3n) is 9.09. The zero-order chi connectivity index (χ0) is 31.6. The third kappa shape index (κ3) is 5.21. The number of rotatable bonds is 4. The minimum atomic E-state index is -0.478. The van der Waals surface area contributed by atoms with Crippen LogP contribution in [0.1, 0.15) is 65.7 Å². The van der Waals surface area contributed by atoms with Gasteiger partial charge in [0, 0.05) is 54.3 Å². The average Bonchev–Trinajstić information content (AvgIpc) is 3.70. The Hall–Kier alpha value is -3.98. The van der Waals surface area contributed by atoms with Gasteiger partial charge in [-0.05, 0) is 88.9 Å². The van der Waals surface area contributed by atoms with E-state index in [1.165, 1.54) is 13.2 Å². The second-order valence-corrected chi connectivity index (χ2v) is 13.6. The normalized spacial score (nSPS) is 18.5. The predicted molar refractivity (Wildman–Crippen MR) is 170 cm³/mol. The number of likely N-dealkylation sites (tertiary alicyclic amines) is 1. The summed E-state index contributed by atoms with van der Waals surface area (Å²) in [6.07, 6.45) is 3.83. The molecule has 0 N–H and O–H groups in total. The van der Waals surface area contributed by atoms with E-state index in [-0.39, 0.29) is 27.9 Å². The first-order chi connectivity index (χ1) is 20.8. The topological polar surface area (TPSA) is 80.6 Å². The highest BCUT2D eigenvalue weighted by Gasteiger charge is 2.45. The van der Waals surface area contributed by atoms with Crippen LogP contribution in [0.15, 0.2) is 42.6 Å². The molecule has 0 aliphatic carbocycles. The molecule has 1 amide bonds. The summed E-state index contributed by atoms with van der Waals surface area (Å²) in [4.78, 5) is 39.8. The molecule has 230 valence electrons. The number of esters is 1. The van der Waals surface area contributed by atoms with E-state index in [4.69, 9.17) is 26.3 Å². The van der Waals surface area contributed by atoms with E-state index in [0.717, 1.165) is 48.3 Å². The first-order valence-corrected chi connectivity index (χ1v) is 15.3. The summed E-state index contributed by atoms with van der Waals surface area (Å²) in [5.41, 5.74) is 4.28. The first kappa shape index (κ1) is 30.1. The Morgan fingerprint density at radius 2 is 1.77 bits per heavy atom. The summed E-state index contributed by atoms with van der Waals surface area (Å²) in [5, 5.41) is 0.921. The molecule has 0 radical (unpaired) electrons. The molecule has 0 bridgehead atoms. The first-order valence-electron chi connectivity index (χ1n) is 14.9. The molecule has 1 unspecified atom stereocenters. The number of aryl methyl sites for hydroxylation is 2. The minimum absolute atomic E-state index is 0.0261. The van der Waals surface area contributed by atoms with Crippen molar-refractivity contribution in [3.05, 3.63) is 75.9 Å². The van der Waals surface area contributed by atoms with E-state index in [2.05, 4.69) is 25.7 Å². The maximum absolute atomic E-state index is 14.4. The Morgan fingerprint density at radius 1 is 1.02 bits per heavy atom. The summed E-state index contributed by atoms with van der Waals surface area (Å²) in [6.45, 7) is 12.9. The summed E-state index contributed by atoms with van der Waals surface area (Å²) in [6, 6.07) is 10.4. The maximum Gasteiger partial charge on any atom is 0.339 e. The van der Waals surface area contributed by atoms with Gasteiger partial charge in [-0.15, -0.1) is 0 Å². The molecule has 2 fully saturated rings. The van der Waals surface area contributed by atoms with Gasteiger partial charge in [0.15, 0.2) is 0 Å². The van der Waals surface area contributed by atoms with Crippen molar-refractivity contribution in [2.24, 2.45) is 5.41 Å². The number of anilines is 1. The number of hydrogen-bond donors (Lipinski definition) is 0. The van der Waals surface area contributed by atoms with Gasteiger partial charge in [0.05, 0.1) is 23.4 Å². The van der Waals surface area contributed by atoms with Gasteiger partial charge in [-0.1, -0.05) is 17.7 Å². The molecule has 44 heavy (non-hydrogen) atoms. The molecule has 4 aromatic rings. The number of aromatic nitrogens is 3. The van der Waals surface area contributed by atoms with Crippen LogP contribution in [-0.2, 0) is 10.3 Å². The van der Waals surface area contributed by atoms with E-state index in [1.807, 2.05) is 41.6 Å². The molecule has 8 nitrogen and oxygen atoms in total. The number of fused-ring (bicyclic) bond motifs is 1. The summed E-state index contributed by atoms with van der Waals surface area (Å²) >= 11 is 5.94. The lowest BCUT2D eigenvalue weighted by molar-refractivity contribution is 0.0598. The fraction of sp³-hybridized carbons (Fsp3) is 0.412. The highest BCUT2D eigenvalue weighted by Crippen LogP contribution is 2.42. The van der Waals surface area contributed by atoms with Gasteiger partial charge in [0.1, 0.15) is 23.0 Å². The number of benzene rings is 1. The van der Waals surface area contributed by atoms with Crippen LogP contribution in [0, 0.1) is 25.1 Å². The highest BCUT2D eigenvalue weighted by molar-refractivity contribution is 6.30. The zero-order valence-corrected chi connectivity index (χ0v) is 26.8. The van der Waals surface area contributed by atoms with Crippen LogP contribution < -0.4 is 4.90 Å². The summed E-state index contributed by atoms with van der Waals surface area (Å²) < 4.78 is 21.3. The van der Waals surface area contributed by atoms with E-state index in [0.29, 0.717) is 41.3 Å². The van der Waals surface area contributed by atoms with Crippen molar-refractivity contribution in [2.75, 3.05) is 38.2 Å². The fourth-order valence-corrected chi connectivity index (χ4v) is 6.86. The Balaban J connectivity index is 1.24. The number of pyridine rings is 2. The van der Waals surface area contributed by atoms with E-state index < -0.39 is 5.82 Å². The third-order valence-corrected chi connectivity index (χ3v) is 9.39. The molecule has 1 aromatic carbocycles.